The lowest BCUT2D eigenvalue weighted by molar-refractivity contribution is 0.0690. The summed E-state index contributed by atoms with van der Waals surface area (Å²) in [6.07, 6.45) is 4.77. The SMILES string of the molecule is C[C@@H](c1ccncc1)n1cc(C(=O)O)nn1. The zero-order chi connectivity index (χ0) is 11.5. The second-order valence-corrected chi connectivity index (χ2v) is 3.35. The summed E-state index contributed by atoms with van der Waals surface area (Å²) < 4.78 is 1.51. The van der Waals surface area contributed by atoms with Gasteiger partial charge in [0.05, 0.1) is 12.2 Å². The molecule has 2 heterocycles. The van der Waals surface area contributed by atoms with Gasteiger partial charge in [-0.15, -0.1) is 5.10 Å². The topological polar surface area (TPSA) is 80.9 Å². The predicted octanol–water partition coefficient (Wildman–Crippen LogP) is 0.981. The second kappa shape index (κ2) is 4.09. The third kappa shape index (κ3) is 1.90. The van der Waals surface area contributed by atoms with Gasteiger partial charge in [0.15, 0.2) is 5.69 Å². The van der Waals surface area contributed by atoms with Gasteiger partial charge < -0.3 is 5.11 Å². The van der Waals surface area contributed by atoms with Gasteiger partial charge in [-0.05, 0) is 24.6 Å². The molecule has 0 fully saturated rings. The molecule has 82 valence electrons. The first-order chi connectivity index (χ1) is 7.68. The summed E-state index contributed by atoms with van der Waals surface area (Å²) in [6, 6.07) is 3.64. The number of nitrogens with zero attached hydrogens (tertiary/aromatic N) is 4. The molecule has 1 atom stereocenters. The number of hydrogen-bond donors (Lipinski definition) is 1. The molecule has 0 aliphatic rings. The van der Waals surface area contributed by atoms with Gasteiger partial charge in [0.25, 0.3) is 0 Å². The summed E-state index contributed by atoms with van der Waals surface area (Å²) in [6.45, 7) is 1.91. The maximum atomic E-state index is 10.6. The van der Waals surface area contributed by atoms with Crippen LogP contribution >= 0.6 is 0 Å². The summed E-state index contributed by atoms with van der Waals surface area (Å²) in [5, 5.41) is 16.1. The molecule has 0 bridgehead atoms. The normalized spacial score (nSPS) is 12.3. The van der Waals surface area contributed by atoms with Crippen molar-refractivity contribution in [2.75, 3.05) is 0 Å². The molecule has 2 aromatic rings. The Morgan fingerprint density at radius 2 is 2.12 bits per heavy atom. The first-order valence-electron chi connectivity index (χ1n) is 4.73. The first-order valence-corrected chi connectivity index (χ1v) is 4.73. The molecule has 0 aromatic carbocycles. The third-order valence-electron chi connectivity index (χ3n) is 2.31. The quantitative estimate of drug-likeness (QED) is 0.830. The molecule has 0 saturated carbocycles. The molecular weight excluding hydrogens is 208 g/mol. The molecule has 0 aliphatic heterocycles. The van der Waals surface area contributed by atoms with E-state index in [1.807, 2.05) is 19.1 Å². The molecule has 1 N–H and O–H groups in total. The van der Waals surface area contributed by atoms with Crippen molar-refractivity contribution >= 4 is 5.97 Å². The summed E-state index contributed by atoms with van der Waals surface area (Å²) in [5.41, 5.74) is 0.942. The highest BCUT2D eigenvalue weighted by Crippen LogP contribution is 2.15. The molecule has 6 nitrogen and oxygen atoms in total. The molecule has 6 heteroatoms. The van der Waals surface area contributed by atoms with Crippen molar-refractivity contribution in [2.45, 2.75) is 13.0 Å². The lowest BCUT2D eigenvalue weighted by atomic mass is 10.1. The largest absolute Gasteiger partial charge is 0.476 e. The second-order valence-electron chi connectivity index (χ2n) is 3.35. The summed E-state index contributed by atoms with van der Waals surface area (Å²) in [7, 11) is 0. The Hall–Kier alpha value is -2.24. The van der Waals surface area contributed by atoms with E-state index in [9.17, 15) is 4.79 Å². The summed E-state index contributed by atoms with van der Waals surface area (Å²) in [5.74, 6) is -1.08. The molecule has 2 aromatic heterocycles. The minimum atomic E-state index is -1.08. The Morgan fingerprint density at radius 1 is 1.44 bits per heavy atom. The molecule has 0 saturated heterocycles. The number of rotatable bonds is 3. The van der Waals surface area contributed by atoms with Crippen LogP contribution in [0.1, 0.15) is 29.0 Å². The lowest BCUT2D eigenvalue weighted by Crippen LogP contribution is -2.07. The molecule has 2 rings (SSSR count). The smallest absolute Gasteiger partial charge is 0.358 e. The van der Waals surface area contributed by atoms with Crippen LogP contribution in [-0.2, 0) is 0 Å². The van der Waals surface area contributed by atoms with Crippen LogP contribution in [0.3, 0.4) is 0 Å². The van der Waals surface area contributed by atoms with Gasteiger partial charge >= 0.3 is 5.97 Å². The average Bonchev–Trinajstić information content (AvgIpc) is 2.78. The van der Waals surface area contributed by atoms with E-state index in [2.05, 4.69) is 15.3 Å². The van der Waals surface area contributed by atoms with E-state index in [-0.39, 0.29) is 11.7 Å². The van der Waals surface area contributed by atoms with Crippen molar-refractivity contribution in [3.63, 3.8) is 0 Å². The van der Waals surface area contributed by atoms with Crippen LogP contribution < -0.4 is 0 Å². The van der Waals surface area contributed by atoms with Crippen molar-refractivity contribution in [1.29, 1.82) is 0 Å². The standard InChI is InChI=1S/C10H10N4O2/c1-7(8-2-4-11-5-3-8)14-6-9(10(15)16)12-13-14/h2-7H,1H3,(H,15,16)/t7-/m0/s1. The number of carboxylic acid groups (broad SMARTS) is 1. The van der Waals surface area contributed by atoms with Crippen LogP contribution in [0.25, 0.3) is 0 Å². The van der Waals surface area contributed by atoms with Gasteiger partial charge in [0, 0.05) is 12.4 Å². The average molecular weight is 218 g/mol. The molecule has 0 unspecified atom stereocenters. The van der Waals surface area contributed by atoms with E-state index in [1.165, 1.54) is 10.9 Å². The molecular formula is C10H10N4O2. The molecule has 0 aliphatic carbocycles. The van der Waals surface area contributed by atoms with Crippen molar-refractivity contribution in [3.05, 3.63) is 42.0 Å². The van der Waals surface area contributed by atoms with Crippen LogP contribution in [0.2, 0.25) is 0 Å². The number of pyridine rings is 1. The van der Waals surface area contributed by atoms with Crippen molar-refractivity contribution in [2.24, 2.45) is 0 Å². The Kier molecular flexibility index (Phi) is 2.63. The number of hydrogen-bond acceptors (Lipinski definition) is 4. The fourth-order valence-corrected chi connectivity index (χ4v) is 1.36. The number of aromatic carboxylic acids is 1. The van der Waals surface area contributed by atoms with Gasteiger partial charge in [-0.25, -0.2) is 9.48 Å². The minimum absolute atomic E-state index is 0.0547. The van der Waals surface area contributed by atoms with Gasteiger partial charge in [0.2, 0.25) is 0 Å². The molecule has 0 spiro atoms. The van der Waals surface area contributed by atoms with Crippen molar-refractivity contribution in [3.8, 4) is 0 Å². The highest BCUT2D eigenvalue weighted by atomic mass is 16.4. The Balaban J connectivity index is 2.27. The van der Waals surface area contributed by atoms with Crippen LogP contribution in [0.15, 0.2) is 30.7 Å². The fraction of sp³-hybridized carbons (Fsp3) is 0.200. The summed E-state index contributed by atoms with van der Waals surface area (Å²) >= 11 is 0. The van der Waals surface area contributed by atoms with E-state index in [1.54, 1.807) is 12.4 Å². The van der Waals surface area contributed by atoms with E-state index in [4.69, 9.17) is 5.11 Å². The highest BCUT2D eigenvalue weighted by Gasteiger charge is 2.13. The van der Waals surface area contributed by atoms with E-state index >= 15 is 0 Å². The predicted molar refractivity (Wildman–Crippen MR) is 55.0 cm³/mol. The van der Waals surface area contributed by atoms with Crippen molar-refractivity contribution in [1.82, 2.24) is 20.0 Å². The maximum Gasteiger partial charge on any atom is 0.358 e. The Bertz CT molecular complexity index is 495. The first kappa shape index (κ1) is 10.3. The Labute approximate surface area is 91.6 Å². The maximum absolute atomic E-state index is 10.6. The molecule has 0 radical (unpaired) electrons. The monoisotopic (exact) mass is 218 g/mol. The van der Waals surface area contributed by atoms with Gasteiger partial charge in [-0.2, -0.15) is 0 Å². The van der Waals surface area contributed by atoms with Gasteiger partial charge in [0.1, 0.15) is 0 Å². The molecule has 16 heavy (non-hydrogen) atoms. The third-order valence-corrected chi connectivity index (χ3v) is 2.31. The van der Waals surface area contributed by atoms with Crippen LogP contribution in [0.5, 0.6) is 0 Å². The minimum Gasteiger partial charge on any atom is -0.476 e. The number of carboxylic acids is 1. The van der Waals surface area contributed by atoms with Crippen LogP contribution in [0, 0.1) is 0 Å². The van der Waals surface area contributed by atoms with E-state index < -0.39 is 5.97 Å². The summed E-state index contributed by atoms with van der Waals surface area (Å²) in [4.78, 5) is 14.6. The zero-order valence-electron chi connectivity index (χ0n) is 8.61. The van der Waals surface area contributed by atoms with Gasteiger partial charge in [-0.3, -0.25) is 4.98 Å². The van der Waals surface area contributed by atoms with E-state index in [0.29, 0.717) is 0 Å². The fourth-order valence-electron chi connectivity index (χ4n) is 1.36. The molecule has 0 amide bonds. The highest BCUT2D eigenvalue weighted by molar-refractivity contribution is 5.84. The van der Waals surface area contributed by atoms with E-state index in [0.717, 1.165) is 5.56 Å². The number of carbonyl (C=O) groups is 1. The van der Waals surface area contributed by atoms with Crippen LogP contribution in [-0.4, -0.2) is 31.1 Å². The lowest BCUT2D eigenvalue weighted by Gasteiger charge is -2.10. The van der Waals surface area contributed by atoms with Crippen molar-refractivity contribution < 1.29 is 9.90 Å². The number of aromatic nitrogens is 4. The zero-order valence-corrected chi connectivity index (χ0v) is 8.61. The Morgan fingerprint density at radius 3 is 2.69 bits per heavy atom. The van der Waals surface area contributed by atoms with Crippen LogP contribution in [0.4, 0.5) is 0 Å². The van der Waals surface area contributed by atoms with Gasteiger partial charge in [-0.1, -0.05) is 5.21 Å².